The lowest BCUT2D eigenvalue weighted by molar-refractivity contribution is -0.137. The van der Waals surface area contributed by atoms with Gasteiger partial charge in [0.25, 0.3) is 0 Å². The number of hydrogen-bond acceptors (Lipinski definition) is 3. The Hall–Kier alpha value is -3.13. The van der Waals surface area contributed by atoms with E-state index in [-0.39, 0.29) is 17.9 Å². The van der Waals surface area contributed by atoms with Crippen LogP contribution in [0.1, 0.15) is 79.1 Å². The molecule has 4 rings (SSSR count). The van der Waals surface area contributed by atoms with E-state index in [1.54, 1.807) is 19.2 Å². The van der Waals surface area contributed by atoms with Gasteiger partial charge in [-0.2, -0.15) is 13.2 Å². The van der Waals surface area contributed by atoms with Gasteiger partial charge in [-0.05, 0) is 42.0 Å². The third-order valence-electron chi connectivity index (χ3n) is 7.20. The van der Waals surface area contributed by atoms with Crippen molar-refractivity contribution in [1.82, 2.24) is 19.8 Å². The van der Waals surface area contributed by atoms with Crippen molar-refractivity contribution in [2.24, 2.45) is 0 Å². The fourth-order valence-electron chi connectivity index (χ4n) is 5.40. The predicted molar refractivity (Wildman–Crippen MR) is 138 cm³/mol. The number of imidazole rings is 1. The highest BCUT2D eigenvalue weighted by molar-refractivity contribution is 5.83. The molecule has 0 saturated carbocycles. The number of aryl methyl sites for hydroxylation is 2. The molecule has 0 fully saturated rings. The van der Waals surface area contributed by atoms with Gasteiger partial charge in [-0.15, -0.1) is 0 Å². The number of carbonyl (C=O) groups is 1. The molecule has 0 aliphatic carbocycles. The number of hydrogen-bond donors (Lipinski definition) is 1. The van der Waals surface area contributed by atoms with E-state index < -0.39 is 17.8 Å². The van der Waals surface area contributed by atoms with Gasteiger partial charge in [0.2, 0.25) is 5.91 Å². The Morgan fingerprint density at radius 1 is 1.08 bits per heavy atom. The van der Waals surface area contributed by atoms with Crippen molar-refractivity contribution >= 4 is 5.91 Å². The van der Waals surface area contributed by atoms with Gasteiger partial charge in [0.05, 0.1) is 23.0 Å². The highest BCUT2D eigenvalue weighted by Crippen LogP contribution is 2.41. The molecule has 8 heteroatoms. The average Bonchev–Trinajstić information content (AvgIpc) is 3.27. The van der Waals surface area contributed by atoms with Gasteiger partial charge in [-0.3, -0.25) is 9.69 Å². The largest absolute Gasteiger partial charge is 0.416 e. The lowest BCUT2D eigenvalue weighted by Gasteiger charge is -2.42. The Morgan fingerprint density at radius 2 is 1.76 bits per heavy atom. The molecular weight excluding hydrogens is 477 g/mol. The monoisotopic (exact) mass is 512 g/mol. The second kappa shape index (κ2) is 11.1. The second-order valence-corrected chi connectivity index (χ2v) is 9.87. The number of alkyl halides is 3. The number of likely N-dealkylation sites (N-methyl/N-ethyl adjacent to an activating group) is 1. The number of amides is 1. The molecule has 2 heterocycles. The predicted octanol–water partition coefficient (Wildman–Crippen LogP) is 6.06. The summed E-state index contributed by atoms with van der Waals surface area (Å²) in [5.74, 6) is 1.15. The van der Waals surface area contributed by atoms with Crippen molar-refractivity contribution in [3.8, 4) is 0 Å². The standard InChI is InChI=1S/C29H35F3N4O/c1-5-24-34-25(19(2)3)27-23(16-13-20-11-14-22(15-12-20)29(30,31)32)35(17-18-36(24)27)26(28(37)33-4)21-9-7-6-8-10-21/h6-12,14-15,19,23,26H,5,13,16-18H2,1-4H3,(H,33,37)/t23?,26-/m1/s1. The van der Waals surface area contributed by atoms with E-state index in [1.165, 1.54) is 0 Å². The van der Waals surface area contributed by atoms with Crippen molar-refractivity contribution in [2.45, 2.75) is 70.8 Å². The maximum Gasteiger partial charge on any atom is 0.416 e. The molecule has 5 nitrogen and oxygen atoms in total. The van der Waals surface area contributed by atoms with Gasteiger partial charge in [-0.1, -0.05) is 63.2 Å². The number of halogens is 3. The normalized spacial score (nSPS) is 17.0. The third kappa shape index (κ3) is 5.59. The molecule has 2 aromatic carbocycles. The fraction of sp³-hybridized carbons (Fsp3) is 0.448. The van der Waals surface area contributed by atoms with Crippen LogP contribution in [0.15, 0.2) is 54.6 Å². The first kappa shape index (κ1) is 26.9. The van der Waals surface area contributed by atoms with Gasteiger partial charge in [0.1, 0.15) is 11.9 Å². The number of fused-ring (bicyclic) bond motifs is 1. The van der Waals surface area contributed by atoms with Crippen LogP contribution in [0.5, 0.6) is 0 Å². The Morgan fingerprint density at radius 3 is 2.32 bits per heavy atom. The summed E-state index contributed by atoms with van der Waals surface area (Å²) in [6, 6.07) is 14.5. The first-order chi connectivity index (χ1) is 17.7. The molecule has 2 atom stereocenters. The van der Waals surface area contributed by atoms with E-state index >= 15 is 0 Å². The number of nitrogens with one attached hydrogen (secondary N) is 1. The van der Waals surface area contributed by atoms with Gasteiger partial charge >= 0.3 is 6.18 Å². The zero-order chi connectivity index (χ0) is 26.7. The summed E-state index contributed by atoms with van der Waals surface area (Å²) in [6.45, 7) is 7.75. The SMILES string of the molecule is CCc1nc(C(C)C)c2n1CCN([C@@H](C(=O)NC)c1ccccc1)C2CCc1ccc(C(F)(F)F)cc1. The molecule has 1 unspecified atom stereocenters. The van der Waals surface area contributed by atoms with Crippen molar-refractivity contribution in [3.63, 3.8) is 0 Å². The molecule has 0 saturated heterocycles. The van der Waals surface area contributed by atoms with E-state index in [9.17, 15) is 18.0 Å². The molecule has 1 aromatic heterocycles. The van der Waals surface area contributed by atoms with Crippen LogP contribution in [0.4, 0.5) is 13.2 Å². The Balaban J connectivity index is 1.76. The lowest BCUT2D eigenvalue weighted by Crippen LogP contribution is -2.46. The summed E-state index contributed by atoms with van der Waals surface area (Å²) in [4.78, 5) is 20.5. The molecule has 0 radical (unpaired) electrons. The minimum Gasteiger partial charge on any atom is -0.358 e. The third-order valence-corrected chi connectivity index (χ3v) is 7.20. The maximum atomic E-state index is 13.3. The lowest BCUT2D eigenvalue weighted by atomic mass is 9.92. The van der Waals surface area contributed by atoms with Crippen LogP contribution in [0.3, 0.4) is 0 Å². The van der Waals surface area contributed by atoms with Crippen LogP contribution in [-0.4, -0.2) is 34.0 Å². The van der Waals surface area contributed by atoms with Crippen LogP contribution in [0.25, 0.3) is 0 Å². The van der Waals surface area contributed by atoms with Gasteiger partial charge in [-0.25, -0.2) is 4.98 Å². The van der Waals surface area contributed by atoms with Crippen LogP contribution in [0.2, 0.25) is 0 Å². The molecule has 1 amide bonds. The van der Waals surface area contributed by atoms with Crippen molar-refractivity contribution in [3.05, 3.63) is 88.5 Å². The molecular formula is C29H35F3N4O. The highest BCUT2D eigenvalue weighted by Gasteiger charge is 2.39. The molecule has 1 aliphatic rings. The van der Waals surface area contributed by atoms with E-state index in [0.717, 1.165) is 53.4 Å². The van der Waals surface area contributed by atoms with Crippen LogP contribution < -0.4 is 5.32 Å². The minimum atomic E-state index is -4.36. The fourth-order valence-corrected chi connectivity index (χ4v) is 5.40. The molecule has 1 aliphatic heterocycles. The Kier molecular flexibility index (Phi) is 8.07. The molecule has 0 spiro atoms. The first-order valence-electron chi connectivity index (χ1n) is 12.9. The molecule has 37 heavy (non-hydrogen) atoms. The summed E-state index contributed by atoms with van der Waals surface area (Å²) in [5.41, 5.74) is 3.25. The topological polar surface area (TPSA) is 50.2 Å². The van der Waals surface area contributed by atoms with Crippen LogP contribution in [-0.2, 0) is 30.4 Å². The van der Waals surface area contributed by atoms with Crippen molar-refractivity contribution in [2.75, 3.05) is 13.6 Å². The maximum absolute atomic E-state index is 13.3. The molecule has 1 N–H and O–H groups in total. The van der Waals surface area contributed by atoms with Gasteiger partial charge < -0.3 is 9.88 Å². The van der Waals surface area contributed by atoms with E-state index in [2.05, 4.69) is 35.6 Å². The van der Waals surface area contributed by atoms with Crippen LogP contribution >= 0.6 is 0 Å². The number of nitrogens with zero attached hydrogens (tertiary/aromatic N) is 3. The zero-order valence-corrected chi connectivity index (χ0v) is 21.8. The van der Waals surface area contributed by atoms with Crippen molar-refractivity contribution in [1.29, 1.82) is 0 Å². The van der Waals surface area contributed by atoms with E-state index in [0.29, 0.717) is 19.4 Å². The van der Waals surface area contributed by atoms with Crippen LogP contribution in [0, 0.1) is 0 Å². The Labute approximate surface area is 216 Å². The van der Waals surface area contributed by atoms with E-state index in [1.807, 2.05) is 30.3 Å². The molecule has 198 valence electrons. The summed E-state index contributed by atoms with van der Waals surface area (Å²) >= 11 is 0. The average molecular weight is 513 g/mol. The number of benzene rings is 2. The second-order valence-electron chi connectivity index (χ2n) is 9.87. The van der Waals surface area contributed by atoms with Gasteiger partial charge in [0, 0.05) is 26.6 Å². The number of carbonyl (C=O) groups excluding carboxylic acids is 1. The highest BCUT2D eigenvalue weighted by atomic mass is 19.4. The Bertz CT molecular complexity index is 1200. The zero-order valence-electron chi connectivity index (χ0n) is 21.8. The summed E-state index contributed by atoms with van der Waals surface area (Å²) in [5, 5.41) is 2.84. The molecule has 3 aromatic rings. The van der Waals surface area contributed by atoms with Crippen molar-refractivity contribution < 1.29 is 18.0 Å². The van der Waals surface area contributed by atoms with E-state index in [4.69, 9.17) is 4.98 Å². The summed E-state index contributed by atoms with van der Waals surface area (Å²) in [7, 11) is 1.65. The minimum absolute atomic E-state index is 0.0829. The first-order valence-corrected chi connectivity index (χ1v) is 12.9. The summed E-state index contributed by atoms with van der Waals surface area (Å²) in [6.07, 6.45) is -2.31. The quantitative estimate of drug-likeness (QED) is 0.399. The van der Waals surface area contributed by atoms with Gasteiger partial charge in [0.15, 0.2) is 0 Å². The molecule has 0 bridgehead atoms. The summed E-state index contributed by atoms with van der Waals surface area (Å²) < 4.78 is 41.5. The number of rotatable bonds is 8. The number of aromatic nitrogens is 2. The smallest absolute Gasteiger partial charge is 0.358 e.